The van der Waals surface area contributed by atoms with Crippen molar-refractivity contribution >= 4 is 0 Å². The first-order valence-corrected chi connectivity index (χ1v) is 6.30. The van der Waals surface area contributed by atoms with Gasteiger partial charge in [-0.2, -0.15) is 0 Å². The summed E-state index contributed by atoms with van der Waals surface area (Å²) in [7, 11) is 0. The zero-order valence-corrected chi connectivity index (χ0v) is 11.0. The number of furan rings is 1. The Morgan fingerprint density at radius 1 is 1.11 bits per heavy atom. The number of halogens is 2. The molecule has 1 aromatic heterocycles. The fraction of sp³-hybridized carbons (Fsp3) is 0.333. The minimum Gasteiger partial charge on any atom is -0.469 e. The number of rotatable bonds is 5. The van der Waals surface area contributed by atoms with Crippen LogP contribution in [0.3, 0.4) is 0 Å². The van der Waals surface area contributed by atoms with E-state index in [2.05, 4.69) is 5.32 Å². The summed E-state index contributed by atoms with van der Waals surface area (Å²) in [6, 6.07) is 7.27. The van der Waals surface area contributed by atoms with Gasteiger partial charge in [0.2, 0.25) is 0 Å². The van der Waals surface area contributed by atoms with E-state index in [-0.39, 0.29) is 11.6 Å². The molecule has 0 spiro atoms. The molecule has 19 heavy (non-hydrogen) atoms. The van der Waals surface area contributed by atoms with Crippen LogP contribution in [0.15, 0.2) is 41.0 Å². The van der Waals surface area contributed by atoms with Gasteiger partial charge in [0.15, 0.2) is 0 Å². The molecular formula is C15H17F2NO. The fourth-order valence-corrected chi connectivity index (χ4v) is 2.22. The molecule has 2 aromatic rings. The van der Waals surface area contributed by atoms with E-state index >= 15 is 0 Å². The Hall–Kier alpha value is -1.68. The highest BCUT2D eigenvalue weighted by molar-refractivity contribution is 5.23. The lowest BCUT2D eigenvalue weighted by Gasteiger charge is -2.20. The number of hydrogen-bond donors (Lipinski definition) is 1. The highest BCUT2D eigenvalue weighted by Crippen LogP contribution is 2.21. The molecule has 1 aromatic carbocycles. The van der Waals surface area contributed by atoms with Crippen LogP contribution < -0.4 is 5.32 Å². The van der Waals surface area contributed by atoms with E-state index < -0.39 is 17.7 Å². The third-order valence-corrected chi connectivity index (χ3v) is 3.05. The molecule has 2 atom stereocenters. The van der Waals surface area contributed by atoms with Crippen LogP contribution in [0.25, 0.3) is 0 Å². The normalized spacial score (nSPS) is 14.3. The minimum atomic E-state index is -0.523. The molecule has 0 aliphatic heterocycles. The quantitative estimate of drug-likeness (QED) is 0.888. The van der Waals surface area contributed by atoms with Gasteiger partial charge in [0, 0.05) is 24.1 Å². The summed E-state index contributed by atoms with van der Waals surface area (Å²) in [5.74, 6) is -0.198. The molecule has 102 valence electrons. The molecular weight excluding hydrogens is 248 g/mol. The molecule has 2 unspecified atom stereocenters. The fourth-order valence-electron chi connectivity index (χ4n) is 2.22. The van der Waals surface area contributed by atoms with E-state index in [1.807, 2.05) is 19.1 Å². The molecule has 0 aliphatic rings. The van der Waals surface area contributed by atoms with Gasteiger partial charge < -0.3 is 9.73 Å². The van der Waals surface area contributed by atoms with E-state index in [0.29, 0.717) is 6.42 Å². The van der Waals surface area contributed by atoms with Crippen molar-refractivity contribution in [1.82, 2.24) is 5.32 Å². The van der Waals surface area contributed by atoms with Crippen molar-refractivity contribution < 1.29 is 13.2 Å². The molecule has 0 radical (unpaired) electrons. The van der Waals surface area contributed by atoms with E-state index in [0.717, 1.165) is 5.76 Å². The summed E-state index contributed by atoms with van der Waals surface area (Å²) in [6.45, 7) is 3.71. The first-order valence-electron chi connectivity index (χ1n) is 6.30. The predicted octanol–water partition coefficient (Wildman–Crippen LogP) is 3.84. The van der Waals surface area contributed by atoms with Gasteiger partial charge in [0.05, 0.1) is 6.26 Å². The molecule has 0 aliphatic carbocycles. The van der Waals surface area contributed by atoms with Crippen molar-refractivity contribution in [2.75, 3.05) is 0 Å². The zero-order valence-electron chi connectivity index (χ0n) is 11.0. The maximum Gasteiger partial charge on any atom is 0.130 e. The maximum atomic E-state index is 13.6. The van der Waals surface area contributed by atoms with E-state index in [9.17, 15) is 8.78 Å². The Morgan fingerprint density at radius 2 is 1.79 bits per heavy atom. The molecule has 0 amide bonds. The van der Waals surface area contributed by atoms with Crippen molar-refractivity contribution in [3.63, 3.8) is 0 Å². The highest BCUT2D eigenvalue weighted by atomic mass is 19.1. The lowest BCUT2D eigenvalue weighted by molar-refractivity contribution is 0.412. The number of nitrogens with one attached hydrogen (secondary N) is 1. The lowest BCUT2D eigenvalue weighted by atomic mass is 10.1. The largest absolute Gasteiger partial charge is 0.469 e. The van der Waals surface area contributed by atoms with Crippen LogP contribution in [0, 0.1) is 11.6 Å². The SMILES string of the molecule is CC(Cc1ccco1)NC(C)c1c(F)cccc1F. The van der Waals surface area contributed by atoms with Gasteiger partial charge >= 0.3 is 0 Å². The van der Waals surface area contributed by atoms with Crippen molar-refractivity contribution in [3.8, 4) is 0 Å². The minimum absolute atomic E-state index is 0.0557. The molecule has 0 fully saturated rings. The van der Waals surface area contributed by atoms with E-state index in [1.165, 1.54) is 18.2 Å². The van der Waals surface area contributed by atoms with Gasteiger partial charge in [0.25, 0.3) is 0 Å². The number of hydrogen-bond acceptors (Lipinski definition) is 2. The molecule has 1 heterocycles. The first-order chi connectivity index (χ1) is 9.08. The van der Waals surface area contributed by atoms with Crippen LogP contribution in [-0.2, 0) is 6.42 Å². The monoisotopic (exact) mass is 265 g/mol. The molecule has 1 N–H and O–H groups in total. The predicted molar refractivity (Wildman–Crippen MR) is 69.8 cm³/mol. The first kappa shape index (κ1) is 13.7. The number of benzene rings is 1. The second kappa shape index (κ2) is 5.97. The summed E-state index contributed by atoms with van der Waals surface area (Å²) in [5, 5.41) is 3.18. The van der Waals surface area contributed by atoms with Crippen molar-refractivity contribution in [1.29, 1.82) is 0 Å². The average molecular weight is 265 g/mol. The molecule has 2 nitrogen and oxygen atoms in total. The second-order valence-corrected chi connectivity index (χ2v) is 4.71. The summed E-state index contributed by atoms with van der Waals surface area (Å²) in [5.41, 5.74) is 0.0776. The Morgan fingerprint density at radius 3 is 2.37 bits per heavy atom. The summed E-state index contributed by atoms with van der Waals surface area (Å²) in [6.07, 6.45) is 2.29. The van der Waals surface area contributed by atoms with Gasteiger partial charge in [-0.25, -0.2) is 8.78 Å². The van der Waals surface area contributed by atoms with Gasteiger partial charge in [-0.05, 0) is 38.1 Å². The Bertz CT molecular complexity index is 505. The summed E-state index contributed by atoms with van der Waals surface area (Å²) < 4.78 is 32.5. The van der Waals surface area contributed by atoms with Crippen LogP contribution in [-0.4, -0.2) is 6.04 Å². The van der Waals surface area contributed by atoms with E-state index in [1.54, 1.807) is 13.2 Å². The highest BCUT2D eigenvalue weighted by Gasteiger charge is 2.18. The van der Waals surface area contributed by atoms with Crippen molar-refractivity contribution in [2.24, 2.45) is 0 Å². The molecule has 2 rings (SSSR count). The smallest absolute Gasteiger partial charge is 0.130 e. The topological polar surface area (TPSA) is 25.2 Å². The summed E-state index contributed by atoms with van der Waals surface area (Å²) in [4.78, 5) is 0. The van der Waals surface area contributed by atoms with Crippen molar-refractivity contribution in [3.05, 3.63) is 59.6 Å². The van der Waals surface area contributed by atoms with E-state index in [4.69, 9.17) is 4.42 Å². The molecule has 0 saturated heterocycles. The third-order valence-electron chi connectivity index (χ3n) is 3.05. The third kappa shape index (κ3) is 3.41. The van der Waals surface area contributed by atoms with Crippen LogP contribution >= 0.6 is 0 Å². The average Bonchev–Trinajstić information content (AvgIpc) is 2.81. The Labute approximate surface area is 111 Å². The second-order valence-electron chi connectivity index (χ2n) is 4.71. The zero-order chi connectivity index (χ0) is 13.8. The lowest BCUT2D eigenvalue weighted by Crippen LogP contribution is -2.31. The standard InChI is InChI=1S/C15H17F2NO/c1-10(9-12-5-4-8-19-12)18-11(2)15-13(16)6-3-7-14(15)17/h3-8,10-11,18H,9H2,1-2H3. The maximum absolute atomic E-state index is 13.6. The summed E-state index contributed by atoms with van der Waals surface area (Å²) >= 11 is 0. The van der Waals surface area contributed by atoms with Crippen LogP contribution in [0.1, 0.15) is 31.2 Å². The van der Waals surface area contributed by atoms with Crippen LogP contribution in [0.2, 0.25) is 0 Å². The van der Waals surface area contributed by atoms with Crippen LogP contribution in [0.5, 0.6) is 0 Å². The molecule has 0 bridgehead atoms. The Kier molecular flexibility index (Phi) is 4.32. The van der Waals surface area contributed by atoms with Crippen LogP contribution in [0.4, 0.5) is 8.78 Å². The Balaban J connectivity index is 2.02. The van der Waals surface area contributed by atoms with Gasteiger partial charge in [0.1, 0.15) is 17.4 Å². The molecule has 0 saturated carbocycles. The van der Waals surface area contributed by atoms with Gasteiger partial charge in [-0.15, -0.1) is 0 Å². The molecule has 4 heteroatoms. The van der Waals surface area contributed by atoms with Gasteiger partial charge in [-0.3, -0.25) is 0 Å². The van der Waals surface area contributed by atoms with Gasteiger partial charge in [-0.1, -0.05) is 6.07 Å². The van der Waals surface area contributed by atoms with Crippen molar-refractivity contribution in [2.45, 2.75) is 32.4 Å².